The van der Waals surface area contributed by atoms with Crippen LogP contribution >= 0.6 is 0 Å². The maximum absolute atomic E-state index is 11.3. The van der Waals surface area contributed by atoms with Gasteiger partial charge >= 0.3 is 12.0 Å². The molecule has 0 fully saturated rings. The number of methoxy groups -OCH3 is 3. The number of fused-ring (bicyclic) bond motifs is 2. The molecule has 3 aromatic carbocycles. The minimum absolute atomic E-state index is 0.198. The van der Waals surface area contributed by atoms with E-state index in [0.29, 0.717) is 22.7 Å². The molecule has 0 radical (unpaired) electrons. The molecule has 3 aromatic heterocycles. The topological polar surface area (TPSA) is 121 Å². The predicted molar refractivity (Wildman–Crippen MR) is 149 cm³/mol. The van der Waals surface area contributed by atoms with Gasteiger partial charge in [-0.3, -0.25) is 4.57 Å². The highest BCUT2D eigenvalue weighted by Gasteiger charge is 2.17. The van der Waals surface area contributed by atoms with E-state index in [2.05, 4.69) is 15.0 Å². The Balaban J connectivity index is 1.43. The van der Waals surface area contributed by atoms with E-state index in [4.69, 9.17) is 19.2 Å². The summed E-state index contributed by atoms with van der Waals surface area (Å²) in [4.78, 5) is 29.3. The number of aromatic nitrogens is 5. The van der Waals surface area contributed by atoms with Gasteiger partial charge in [-0.2, -0.15) is 4.98 Å². The van der Waals surface area contributed by atoms with Crippen molar-refractivity contribution in [1.29, 1.82) is 0 Å². The number of pyridine rings is 1. The summed E-state index contributed by atoms with van der Waals surface area (Å²) in [6.07, 6.45) is 3.35. The molecule has 0 amide bonds. The van der Waals surface area contributed by atoms with Crippen molar-refractivity contribution in [3.63, 3.8) is 0 Å². The van der Waals surface area contributed by atoms with E-state index >= 15 is 0 Å². The molecule has 10 heteroatoms. The molecule has 198 valence electrons. The standard InChI is InChI=1S/C30H23N5O5/c1-38-20-7-8-21(23-15-31-30(40-3)34-28(23)39-2)22(14-20)25-9-4-17-12-19(6-10-24(17)33-25)35-16-32-26-13-18(29(36)37)5-11-27(26)35/h4-16H,1-3H3,(H,36,37). The van der Waals surface area contributed by atoms with E-state index < -0.39 is 5.97 Å². The fourth-order valence-corrected chi connectivity index (χ4v) is 4.65. The summed E-state index contributed by atoms with van der Waals surface area (Å²) >= 11 is 0. The number of hydrogen-bond acceptors (Lipinski definition) is 8. The Hall–Kier alpha value is -5.51. The first-order chi connectivity index (χ1) is 19.5. The molecule has 0 unspecified atom stereocenters. The van der Waals surface area contributed by atoms with Crippen molar-refractivity contribution < 1.29 is 24.1 Å². The molecule has 0 saturated heterocycles. The molecule has 0 aliphatic carbocycles. The van der Waals surface area contributed by atoms with Gasteiger partial charge in [-0.1, -0.05) is 6.07 Å². The van der Waals surface area contributed by atoms with Gasteiger partial charge in [0.05, 0.1) is 54.7 Å². The van der Waals surface area contributed by atoms with Gasteiger partial charge < -0.3 is 19.3 Å². The first-order valence-corrected chi connectivity index (χ1v) is 12.2. The monoisotopic (exact) mass is 533 g/mol. The Kier molecular flexibility index (Phi) is 6.19. The number of carboxylic acids is 1. The molecule has 10 nitrogen and oxygen atoms in total. The highest BCUT2D eigenvalue weighted by atomic mass is 16.5. The summed E-state index contributed by atoms with van der Waals surface area (Å²) in [7, 11) is 4.67. The Morgan fingerprint density at radius 1 is 0.775 bits per heavy atom. The molecule has 0 saturated carbocycles. The lowest BCUT2D eigenvalue weighted by Gasteiger charge is -2.14. The lowest BCUT2D eigenvalue weighted by molar-refractivity contribution is 0.0697. The molecule has 1 N–H and O–H groups in total. The first kappa shape index (κ1) is 24.8. The predicted octanol–water partition coefficient (Wildman–Crippen LogP) is 5.42. The van der Waals surface area contributed by atoms with E-state index in [9.17, 15) is 9.90 Å². The molecule has 0 aliphatic heterocycles. The Morgan fingerprint density at radius 2 is 1.65 bits per heavy atom. The third kappa shape index (κ3) is 4.31. The normalized spacial score (nSPS) is 11.1. The minimum Gasteiger partial charge on any atom is -0.497 e. The van der Waals surface area contributed by atoms with Crippen LogP contribution in [-0.2, 0) is 0 Å². The van der Waals surface area contributed by atoms with Crippen LogP contribution in [0.4, 0.5) is 0 Å². The summed E-state index contributed by atoms with van der Waals surface area (Å²) in [5.41, 5.74) is 6.38. The molecule has 0 bridgehead atoms. The van der Waals surface area contributed by atoms with Crippen LogP contribution in [0, 0.1) is 0 Å². The van der Waals surface area contributed by atoms with Crippen molar-refractivity contribution in [2.24, 2.45) is 0 Å². The van der Waals surface area contributed by atoms with Crippen LogP contribution in [0.15, 0.2) is 79.3 Å². The molecular formula is C30H23N5O5. The largest absolute Gasteiger partial charge is 0.497 e. The van der Waals surface area contributed by atoms with Gasteiger partial charge in [0, 0.05) is 22.8 Å². The van der Waals surface area contributed by atoms with E-state index in [1.165, 1.54) is 7.11 Å². The van der Waals surface area contributed by atoms with Gasteiger partial charge in [-0.05, 0) is 66.2 Å². The number of carbonyl (C=O) groups is 1. The summed E-state index contributed by atoms with van der Waals surface area (Å²) in [6.45, 7) is 0. The number of imidazole rings is 1. The van der Waals surface area contributed by atoms with Crippen molar-refractivity contribution in [3.8, 4) is 45.7 Å². The van der Waals surface area contributed by atoms with Crippen LogP contribution < -0.4 is 14.2 Å². The fourth-order valence-electron chi connectivity index (χ4n) is 4.65. The zero-order valence-corrected chi connectivity index (χ0v) is 21.8. The van der Waals surface area contributed by atoms with Crippen LogP contribution in [0.3, 0.4) is 0 Å². The zero-order chi connectivity index (χ0) is 27.8. The van der Waals surface area contributed by atoms with Gasteiger partial charge in [0.1, 0.15) is 12.1 Å². The van der Waals surface area contributed by atoms with Crippen LogP contribution in [0.1, 0.15) is 10.4 Å². The number of nitrogens with zero attached hydrogens (tertiary/aromatic N) is 5. The summed E-state index contributed by atoms with van der Waals surface area (Å²) in [5.74, 6) is 0.0790. The smallest absolute Gasteiger partial charge is 0.335 e. The second-order valence-corrected chi connectivity index (χ2v) is 8.89. The quantitative estimate of drug-likeness (QED) is 0.287. The fraction of sp³-hybridized carbons (Fsp3) is 0.100. The first-order valence-electron chi connectivity index (χ1n) is 12.2. The van der Waals surface area contributed by atoms with Crippen molar-refractivity contribution in [2.45, 2.75) is 0 Å². The molecule has 6 aromatic rings. The Labute approximate surface area is 228 Å². The Morgan fingerprint density at radius 3 is 2.42 bits per heavy atom. The average Bonchev–Trinajstić information content (AvgIpc) is 3.43. The summed E-state index contributed by atoms with van der Waals surface area (Å²) < 4.78 is 18.1. The highest BCUT2D eigenvalue weighted by Crippen LogP contribution is 2.38. The number of hydrogen-bond donors (Lipinski definition) is 1. The maximum Gasteiger partial charge on any atom is 0.335 e. The maximum atomic E-state index is 11.3. The van der Waals surface area contributed by atoms with Crippen LogP contribution in [0.2, 0.25) is 0 Å². The van der Waals surface area contributed by atoms with Gasteiger partial charge in [0.15, 0.2) is 0 Å². The molecular weight excluding hydrogens is 510 g/mol. The average molecular weight is 534 g/mol. The second-order valence-electron chi connectivity index (χ2n) is 8.89. The van der Waals surface area contributed by atoms with Crippen molar-refractivity contribution in [2.75, 3.05) is 21.3 Å². The minimum atomic E-state index is -0.985. The number of aromatic carboxylic acids is 1. The van der Waals surface area contributed by atoms with Crippen LogP contribution in [0.25, 0.3) is 50.0 Å². The van der Waals surface area contributed by atoms with Gasteiger partial charge in [0.2, 0.25) is 5.88 Å². The number of ether oxygens (including phenoxy) is 3. The molecule has 0 atom stereocenters. The van der Waals surface area contributed by atoms with E-state index in [1.54, 1.807) is 44.9 Å². The van der Waals surface area contributed by atoms with E-state index in [1.807, 2.05) is 53.1 Å². The molecule has 3 heterocycles. The van der Waals surface area contributed by atoms with Gasteiger partial charge in [0.25, 0.3) is 0 Å². The molecule has 6 rings (SSSR count). The van der Waals surface area contributed by atoms with E-state index in [0.717, 1.165) is 38.9 Å². The third-order valence-corrected chi connectivity index (χ3v) is 6.65. The lowest BCUT2D eigenvalue weighted by Crippen LogP contribution is -1.99. The Bertz CT molecular complexity index is 1920. The number of carboxylic acid groups (broad SMARTS) is 1. The highest BCUT2D eigenvalue weighted by molar-refractivity contribution is 5.93. The molecule has 40 heavy (non-hydrogen) atoms. The van der Waals surface area contributed by atoms with Crippen LogP contribution in [0.5, 0.6) is 17.6 Å². The SMILES string of the molecule is COc1ccc(-c2cnc(OC)nc2OC)c(-c2ccc3cc(-n4cnc5cc(C(=O)O)ccc54)ccc3n2)c1. The zero-order valence-electron chi connectivity index (χ0n) is 21.8. The summed E-state index contributed by atoms with van der Waals surface area (Å²) in [5, 5.41) is 10.2. The van der Waals surface area contributed by atoms with Gasteiger partial charge in [-0.25, -0.2) is 19.7 Å². The van der Waals surface area contributed by atoms with Crippen molar-refractivity contribution in [1.82, 2.24) is 24.5 Å². The van der Waals surface area contributed by atoms with E-state index in [-0.39, 0.29) is 11.6 Å². The lowest BCUT2D eigenvalue weighted by atomic mass is 9.98. The van der Waals surface area contributed by atoms with Crippen LogP contribution in [-0.4, -0.2) is 56.9 Å². The second kappa shape index (κ2) is 9.99. The third-order valence-electron chi connectivity index (χ3n) is 6.65. The molecule has 0 spiro atoms. The summed E-state index contributed by atoms with van der Waals surface area (Å²) in [6, 6.07) is 20.7. The van der Waals surface area contributed by atoms with Crippen molar-refractivity contribution in [3.05, 3.63) is 84.8 Å². The number of benzene rings is 3. The molecule has 0 aliphatic rings. The number of rotatable bonds is 7. The van der Waals surface area contributed by atoms with Gasteiger partial charge in [-0.15, -0.1) is 0 Å². The van der Waals surface area contributed by atoms with Crippen molar-refractivity contribution >= 4 is 27.9 Å².